The van der Waals surface area contributed by atoms with Crippen LogP contribution in [-0.2, 0) is 24.2 Å². The van der Waals surface area contributed by atoms with Gasteiger partial charge >= 0.3 is 0 Å². The Labute approximate surface area is 160 Å². The largest absolute Gasteiger partial charge is 0.491 e. The number of ether oxygens (including phenoxy) is 2. The Morgan fingerprint density at radius 2 is 1.77 bits per heavy atom. The molecule has 142 valence electrons. The van der Waals surface area contributed by atoms with E-state index >= 15 is 0 Å². The summed E-state index contributed by atoms with van der Waals surface area (Å²) in [5.41, 5.74) is 1.14. The molecule has 1 aromatic heterocycles. The van der Waals surface area contributed by atoms with E-state index in [0.29, 0.717) is 19.8 Å². The number of aliphatic imine (C=N–C) groups is 1. The van der Waals surface area contributed by atoms with Crippen LogP contribution in [0.2, 0.25) is 0 Å². The molecule has 0 amide bonds. The fraction of sp³-hybridized carbons (Fsp3) is 0.450. The minimum atomic E-state index is 0.560. The van der Waals surface area contributed by atoms with Gasteiger partial charge in [0.2, 0.25) is 0 Å². The highest BCUT2D eigenvalue weighted by Crippen LogP contribution is 2.16. The Balaban J connectivity index is 1.86. The zero-order valence-electron chi connectivity index (χ0n) is 15.9. The average molecular weight is 376 g/mol. The highest BCUT2D eigenvalue weighted by atomic mass is 32.1. The first-order valence-corrected chi connectivity index (χ1v) is 9.87. The lowest BCUT2D eigenvalue weighted by molar-refractivity contribution is 0.146. The lowest BCUT2D eigenvalue weighted by Gasteiger charge is -2.11. The van der Waals surface area contributed by atoms with Crippen LogP contribution in [0.25, 0.3) is 0 Å². The van der Waals surface area contributed by atoms with Crippen molar-refractivity contribution in [2.24, 2.45) is 4.99 Å². The predicted octanol–water partition coefficient (Wildman–Crippen LogP) is 3.59. The van der Waals surface area contributed by atoms with Gasteiger partial charge in [0.15, 0.2) is 5.96 Å². The molecule has 0 aliphatic rings. The number of guanidine groups is 1. The van der Waals surface area contributed by atoms with Crippen LogP contribution >= 0.6 is 11.3 Å². The average Bonchev–Trinajstić information content (AvgIpc) is 3.13. The minimum Gasteiger partial charge on any atom is -0.491 e. The molecule has 26 heavy (non-hydrogen) atoms. The van der Waals surface area contributed by atoms with Gasteiger partial charge in [0.1, 0.15) is 12.4 Å². The van der Waals surface area contributed by atoms with Crippen molar-refractivity contribution in [2.75, 3.05) is 26.9 Å². The van der Waals surface area contributed by atoms with Crippen LogP contribution in [0, 0.1) is 0 Å². The highest BCUT2D eigenvalue weighted by Gasteiger charge is 2.02. The molecule has 0 saturated carbocycles. The Bertz CT molecular complexity index is 668. The molecule has 0 aliphatic carbocycles. The van der Waals surface area contributed by atoms with E-state index in [2.05, 4.69) is 41.6 Å². The second-order valence-corrected chi connectivity index (χ2v) is 7.01. The SMILES string of the molecule is CCNC(=NCc1ccc(OCCOC)cc1)NCc1ccc(CC)s1. The van der Waals surface area contributed by atoms with Gasteiger partial charge in [-0.25, -0.2) is 4.99 Å². The van der Waals surface area contributed by atoms with Gasteiger partial charge in [0.25, 0.3) is 0 Å². The van der Waals surface area contributed by atoms with E-state index < -0.39 is 0 Å². The maximum absolute atomic E-state index is 5.58. The summed E-state index contributed by atoms with van der Waals surface area (Å²) in [6.07, 6.45) is 1.09. The van der Waals surface area contributed by atoms with E-state index in [9.17, 15) is 0 Å². The monoisotopic (exact) mass is 375 g/mol. The summed E-state index contributed by atoms with van der Waals surface area (Å²) < 4.78 is 10.6. The van der Waals surface area contributed by atoms with Crippen molar-refractivity contribution in [1.82, 2.24) is 10.6 Å². The maximum atomic E-state index is 5.58. The smallest absolute Gasteiger partial charge is 0.191 e. The van der Waals surface area contributed by atoms with Gasteiger partial charge in [-0.2, -0.15) is 0 Å². The van der Waals surface area contributed by atoms with Crippen LogP contribution in [0.3, 0.4) is 0 Å². The molecule has 0 unspecified atom stereocenters. The van der Waals surface area contributed by atoms with Gasteiger partial charge in [-0.1, -0.05) is 19.1 Å². The second kappa shape index (κ2) is 11.5. The van der Waals surface area contributed by atoms with Crippen molar-refractivity contribution >= 4 is 17.3 Å². The number of aryl methyl sites for hydroxylation is 1. The molecule has 0 fully saturated rings. The molecule has 0 spiro atoms. The van der Waals surface area contributed by atoms with Crippen LogP contribution in [-0.4, -0.2) is 32.8 Å². The third-order valence-corrected chi connectivity index (χ3v) is 4.97. The first-order chi connectivity index (χ1) is 12.7. The van der Waals surface area contributed by atoms with Crippen LogP contribution in [0.1, 0.15) is 29.2 Å². The van der Waals surface area contributed by atoms with Gasteiger partial charge < -0.3 is 20.1 Å². The third-order valence-electron chi connectivity index (χ3n) is 3.74. The predicted molar refractivity (Wildman–Crippen MR) is 109 cm³/mol. The molecular weight excluding hydrogens is 346 g/mol. The van der Waals surface area contributed by atoms with E-state index in [4.69, 9.17) is 9.47 Å². The molecule has 0 saturated heterocycles. The van der Waals surface area contributed by atoms with Crippen molar-refractivity contribution in [1.29, 1.82) is 0 Å². The van der Waals surface area contributed by atoms with E-state index in [1.807, 2.05) is 35.6 Å². The molecule has 5 nitrogen and oxygen atoms in total. The Hall–Kier alpha value is -2.05. The van der Waals surface area contributed by atoms with Crippen molar-refractivity contribution in [3.63, 3.8) is 0 Å². The van der Waals surface area contributed by atoms with Gasteiger partial charge in [0.05, 0.1) is 19.7 Å². The van der Waals surface area contributed by atoms with Crippen molar-refractivity contribution in [2.45, 2.75) is 33.4 Å². The van der Waals surface area contributed by atoms with Crippen molar-refractivity contribution < 1.29 is 9.47 Å². The molecule has 1 aromatic carbocycles. The molecular formula is C20H29N3O2S. The summed E-state index contributed by atoms with van der Waals surface area (Å²) in [5, 5.41) is 6.70. The number of methoxy groups -OCH3 is 1. The molecule has 2 aromatic rings. The lowest BCUT2D eigenvalue weighted by atomic mass is 10.2. The third kappa shape index (κ3) is 7.06. The van der Waals surface area contributed by atoms with Gasteiger partial charge in [-0.15, -0.1) is 11.3 Å². The molecule has 0 aliphatic heterocycles. The summed E-state index contributed by atoms with van der Waals surface area (Å²) >= 11 is 1.85. The molecule has 6 heteroatoms. The fourth-order valence-corrected chi connectivity index (χ4v) is 3.22. The second-order valence-electron chi connectivity index (χ2n) is 5.76. The Morgan fingerprint density at radius 3 is 2.42 bits per heavy atom. The van der Waals surface area contributed by atoms with Crippen LogP contribution in [0.5, 0.6) is 5.75 Å². The van der Waals surface area contributed by atoms with E-state index in [-0.39, 0.29) is 0 Å². The highest BCUT2D eigenvalue weighted by molar-refractivity contribution is 7.11. The molecule has 1 heterocycles. The summed E-state index contributed by atoms with van der Waals surface area (Å²) in [7, 11) is 1.67. The quantitative estimate of drug-likeness (QED) is 0.379. The Morgan fingerprint density at radius 1 is 1.00 bits per heavy atom. The zero-order chi connectivity index (χ0) is 18.6. The number of nitrogens with one attached hydrogen (secondary N) is 2. The topological polar surface area (TPSA) is 54.9 Å². The molecule has 0 radical (unpaired) electrons. The number of rotatable bonds is 10. The van der Waals surface area contributed by atoms with E-state index in [0.717, 1.165) is 36.8 Å². The van der Waals surface area contributed by atoms with E-state index in [1.54, 1.807) is 7.11 Å². The van der Waals surface area contributed by atoms with Gasteiger partial charge in [-0.05, 0) is 43.2 Å². The van der Waals surface area contributed by atoms with Gasteiger partial charge in [0, 0.05) is 23.4 Å². The molecule has 2 N–H and O–H groups in total. The summed E-state index contributed by atoms with van der Waals surface area (Å²) in [6.45, 7) is 7.66. The standard InChI is InChI=1S/C20H29N3O2S/c1-4-18-10-11-19(26-18)15-23-20(21-5-2)22-14-16-6-8-17(9-7-16)25-13-12-24-3/h6-11H,4-5,12-15H2,1-3H3,(H2,21,22,23). The van der Waals surface area contributed by atoms with E-state index in [1.165, 1.54) is 9.75 Å². The first kappa shape index (κ1) is 20.3. The number of thiophene rings is 1. The molecule has 0 atom stereocenters. The summed E-state index contributed by atoms with van der Waals surface area (Å²) in [6, 6.07) is 12.4. The van der Waals surface area contributed by atoms with Crippen LogP contribution in [0.4, 0.5) is 0 Å². The summed E-state index contributed by atoms with van der Waals surface area (Å²) in [5.74, 6) is 1.68. The number of nitrogens with zero attached hydrogens (tertiary/aromatic N) is 1. The molecule has 0 bridgehead atoms. The van der Waals surface area contributed by atoms with Crippen LogP contribution in [0.15, 0.2) is 41.4 Å². The number of benzene rings is 1. The molecule has 2 rings (SSSR count). The maximum Gasteiger partial charge on any atom is 0.191 e. The minimum absolute atomic E-state index is 0.560. The van der Waals surface area contributed by atoms with Crippen LogP contribution < -0.4 is 15.4 Å². The fourth-order valence-electron chi connectivity index (χ4n) is 2.32. The number of hydrogen-bond acceptors (Lipinski definition) is 4. The first-order valence-electron chi connectivity index (χ1n) is 9.05. The lowest BCUT2D eigenvalue weighted by Crippen LogP contribution is -2.36. The van der Waals surface area contributed by atoms with Crippen molar-refractivity contribution in [3.8, 4) is 5.75 Å². The van der Waals surface area contributed by atoms with Crippen molar-refractivity contribution in [3.05, 3.63) is 51.7 Å². The Kier molecular flexibility index (Phi) is 9.00. The summed E-state index contributed by atoms with van der Waals surface area (Å²) in [4.78, 5) is 7.41. The normalized spacial score (nSPS) is 11.4. The number of hydrogen-bond donors (Lipinski definition) is 2. The van der Waals surface area contributed by atoms with Gasteiger partial charge in [-0.3, -0.25) is 0 Å². The zero-order valence-corrected chi connectivity index (χ0v) is 16.7.